The van der Waals surface area contributed by atoms with Gasteiger partial charge in [-0.15, -0.1) is 11.3 Å². The lowest BCUT2D eigenvalue weighted by Crippen LogP contribution is -2.30. The lowest BCUT2D eigenvalue weighted by atomic mass is 10.1. The summed E-state index contributed by atoms with van der Waals surface area (Å²) in [7, 11) is 0. The fourth-order valence-corrected chi connectivity index (χ4v) is 3.67. The van der Waals surface area contributed by atoms with Gasteiger partial charge in [-0.3, -0.25) is 4.90 Å². The molecule has 2 unspecified atom stereocenters. The van der Waals surface area contributed by atoms with E-state index in [0.717, 1.165) is 31.6 Å². The first-order chi connectivity index (χ1) is 9.72. The average molecular weight is 292 g/mol. The summed E-state index contributed by atoms with van der Waals surface area (Å²) >= 11 is 1.72. The van der Waals surface area contributed by atoms with Gasteiger partial charge in [0.05, 0.1) is 12.8 Å². The Labute approximate surface area is 123 Å². The first-order valence-corrected chi connectivity index (χ1v) is 7.97. The van der Waals surface area contributed by atoms with Gasteiger partial charge in [-0.2, -0.15) is 0 Å². The number of aliphatic hydroxyl groups excluding tert-OH is 1. The molecule has 1 saturated heterocycles. The highest BCUT2D eigenvalue weighted by molar-refractivity contribution is 7.09. The highest BCUT2D eigenvalue weighted by atomic mass is 32.1. The molecule has 1 aliphatic heterocycles. The molecule has 20 heavy (non-hydrogen) atoms. The van der Waals surface area contributed by atoms with Crippen molar-refractivity contribution in [1.82, 2.24) is 9.88 Å². The number of aromatic nitrogens is 1. The summed E-state index contributed by atoms with van der Waals surface area (Å²) in [6.45, 7) is 4.02. The van der Waals surface area contributed by atoms with E-state index in [-0.39, 0.29) is 0 Å². The Morgan fingerprint density at radius 2 is 2.50 bits per heavy atom. The molecule has 1 aliphatic rings. The molecule has 0 radical (unpaired) electrons. The molecule has 1 fully saturated rings. The van der Waals surface area contributed by atoms with Crippen LogP contribution in [-0.2, 0) is 6.54 Å². The van der Waals surface area contributed by atoms with E-state index in [1.165, 1.54) is 11.4 Å². The zero-order valence-corrected chi connectivity index (χ0v) is 12.5. The van der Waals surface area contributed by atoms with Crippen LogP contribution in [0.1, 0.15) is 41.8 Å². The van der Waals surface area contributed by atoms with Gasteiger partial charge in [0, 0.05) is 17.1 Å². The van der Waals surface area contributed by atoms with Crippen molar-refractivity contribution in [3.63, 3.8) is 0 Å². The van der Waals surface area contributed by atoms with Crippen molar-refractivity contribution >= 4 is 11.3 Å². The van der Waals surface area contributed by atoms with Crippen LogP contribution in [0.4, 0.5) is 0 Å². The second-order valence-electron chi connectivity index (χ2n) is 5.42. The molecule has 108 valence electrons. The van der Waals surface area contributed by atoms with Crippen molar-refractivity contribution < 1.29 is 9.52 Å². The predicted octanol–water partition coefficient (Wildman–Crippen LogP) is 3.13. The maximum Gasteiger partial charge on any atom is 0.132 e. The van der Waals surface area contributed by atoms with Gasteiger partial charge in [-0.25, -0.2) is 4.98 Å². The Kier molecular flexibility index (Phi) is 4.19. The quantitative estimate of drug-likeness (QED) is 0.920. The van der Waals surface area contributed by atoms with Crippen LogP contribution < -0.4 is 0 Å². The van der Waals surface area contributed by atoms with Gasteiger partial charge in [0.25, 0.3) is 0 Å². The van der Waals surface area contributed by atoms with Gasteiger partial charge >= 0.3 is 0 Å². The highest BCUT2D eigenvalue weighted by Gasteiger charge is 2.28. The minimum absolute atomic E-state index is 0.416. The summed E-state index contributed by atoms with van der Waals surface area (Å²) in [5.41, 5.74) is 1.09. The minimum atomic E-state index is -0.506. The van der Waals surface area contributed by atoms with Crippen molar-refractivity contribution in [3.8, 4) is 0 Å². The van der Waals surface area contributed by atoms with Gasteiger partial charge in [0.15, 0.2) is 0 Å². The van der Waals surface area contributed by atoms with Crippen molar-refractivity contribution in [1.29, 1.82) is 0 Å². The van der Waals surface area contributed by atoms with Gasteiger partial charge in [-0.05, 0) is 44.9 Å². The Morgan fingerprint density at radius 1 is 1.60 bits per heavy atom. The van der Waals surface area contributed by atoms with Crippen LogP contribution in [0.2, 0.25) is 0 Å². The second-order valence-corrected chi connectivity index (χ2v) is 6.36. The molecule has 0 saturated carbocycles. The molecule has 2 aromatic rings. The molecule has 0 amide bonds. The lowest BCUT2D eigenvalue weighted by molar-refractivity contribution is 0.0995. The smallest absolute Gasteiger partial charge is 0.132 e. The van der Waals surface area contributed by atoms with E-state index in [0.29, 0.717) is 11.8 Å². The number of aliphatic hydroxyl groups is 1. The van der Waals surface area contributed by atoms with Crippen LogP contribution in [0.15, 0.2) is 28.2 Å². The summed E-state index contributed by atoms with van der Waals surface area (Å²) < 4.78 is 5.28. The molecular weight excluding hydrogens is 272 g/mol. The van der Waals surface area contributed by atoms with Gasteiger partial charge in [0.1, 0.15) is 16.9 Å². The number of hydrogen-bond donors (Lipinski definition) is 1. The standard InChI is InChI=1S/C15H20N2O2S/c1-11-10-20-15(16-11)9-17-6-2-4-12(17)8-13(18)14-5-3-7-19-14/h3,5,7,10,12-13,18H,2,4,6,8-9H2,1H3. The van der Waals surface area contributed by atoms with Crippen LogP contribution in [0.3, 0.4) is 0 Å². The molecule has 0 spiro atoms. The van der Waals surface area contributed by atoms with E-state index in [2.05, 4.69) is 15.3 Å². The largest absolute Gasteiger partial charge is 0.467 e. The Bertz CT molecular complexity index is 538. The first-order valence-electron chi connectivity index (χ1n) is 7.09. The highest BCUT2D eigenvalue weighted by Crippen LogP contribution is 2.29. The maximum absolute atomic E-state index is 10.2. The second kappa shape index (κ2) is 6.08. The summed E-state index contributed by atoms with van der Waals surface area (Å²) in [4.78, 5) is 6.97. The van der Waals surface area contributed by atoms with E-state index >= 15 is 0 Å². The fraction of sp³-hybridized carbons (Fsp3) is 0.533. The number of thiazole rings is 1. The number of aryl methyl sites for hydroxylation is 1. The third-order valence-corrected chi connectivity index (χ3v) is 4.82. The molecule has 4 nitrogen and oxygen atoms in total. The van der Waals surface area contributed by atoms with Crippen molar-refractivity contribution in [3.05, 3.63) is 40.2 Å². The van der Waals surface area contributed by atoms with Crippen LogP contribution in [-0.4, -0.2) is 27.6 Å². The monoisotopic (exact) mass is 292 g/mol. The maximum atomic E-state index is 10.2. The third kappa shape index (κ3) is 3.11. The number of likely N-dealkylation sites (tertiary alicyclic amines) is 1. The van der Waals surface area contributed by atoms with Gasteiger partial charge in [0.2, 0.25) is 0 Å². The average Bonchev–Trinajstić information content (AvgIpc) is 3.13. The molecule has 0 aromatic carbocycles. The number of hydrogen-bond acceptors (Lipinski definition) is 5. The van der Waals surface area contributed by atoms with E-state index in [1.54, 1.807) is 17.6 Å². The first kappa shape index (κ1) is 13.8. The summed E-state index contributed by atoms with van der Waals surface area (Å²) in [6.07, 6.45) is 4.18. The van der Waals surface area contributed by atoms with Crippen molar-refractivity contribution in [2.24, 2.45) is 0 Å². The zero-order valence-electron chi connectivity index (χ0n) is 11.7. The van der Waals surface area contributed by atoms with E-state index in [4.69, 9.17) is 4.42 Å². The SMILES string of the molecule is Cc1csc(CN2CCCC2CC(O)c2ccco2)n1. The van der Waals surface area contributed by atoms with Gasteiger partial charge in [-0.1, -0.05) is 0 Å². The Morgan fingerprint density at radius 3 is 3.20 bits per heavy atom. The number of nitrogens with zero attached hydrogens (tertiary/aromatic N) is 2. The minimum Gasteiger partial charge on any atom is -0.467 e. The molecule has 0 aliphatic carbocycles. The molecule has 2 aromatic heterocycles. The normalized spacial score (nSPS) is 21.4. The van der Waals surface area contributed by atoms with E-state index in [9.17, 15) is 5.11 Å². The third-order valence-electron chi connectivity index (χ3n) is 3.87. The zero-order chi connectivity index (χ0) is 13.9. The lowest BCUT2D eigenvalue weighted by Gasteiger charge is -2.24. The fourth-order valence-electron chi connectivity index (χ4n) is 2.87. The molecule has 3 rings (SSSR count). The topological polar surface area (TPSA) is 49.5 Å². The number of rotatable bonds is 5. The van der Waals surface area contributed by atoms with Crippen molar-refractivity contribution in [2.75, 3.05) is 6.54 Å². The molecule has 0 bridgehead atoms. The number of furan rings is 1. The summed E-state index contributed by atoms with van der Waals surface area (Å²) in [6, 6.07) is 4.08. The van der Waals surface area contributed by atoms with Crippen molar-refractivity contribution in [2.45, 2.75) is 44.9 Å². The summed E-state index contributed by atoms with van der Waals surface area (Å²) in [5.74, 6) is 0.668. The van der Waals surface area contributed by atoms with E-state index < -0.39 is 6.10 Å². The van der Waals surface area contributed by atoms with Gasteiger partial charge < -0.3 is 9.52 Å². The van der Waals surface area contributed by atoms with Crippen LogP contribution in [0.25, 0.3) is 0 Å². The summed E-state index contributed by atoms with van der Waals surface area (Å²) in [5, 5.41) is 13.5. The molecule has 1 N–H and O–H groups in total. The molecule has 5 heteroatoms. The molecule has 3 heterocycles. The predicted molar refractivity (Wildman–Crippen MR) is 78.6 cm³/mol. The van der Waals surface area contributed by atoms with Crippen LogP contribution in [0, 0.1) is 6.92 Å². The van der Waals surface area contributed by atoms with Crippen LogP contribution in [0.5, 0.6) is 0 Å². The molecular formula is C15H20N2O2S. The molecule has 2 atom stereocenters. The van der Waals surface area contributed by atoms with Crippen LogP contribution >= 0.6 is 11.3 Å². The Balaban J connectivity index is 1.60. The Hall–Kier alpha value is -1.17. The van der Waals surface area contributed by atoms with E-state index in [1.807, 2.05) is 19.1 Å².